The lowest BCUT2D eigenvalue weighted by molar-refractivity contribution is -0.114. The van der Waals surface area contributed by atoms with Crippen LogP contribution in [-0.4, -0.2) is 51.6 Å². The number of hydrogen-bond donors (Lipinski definition) is 2. The van der Waals surface area contributed by atoms with Crippen molar-refractivity contribution in [2.45, 2.75) is 49.4 Å². The molecule has 1 fully saturated rings. The molecule has 3 atom stereocenters. The number of nitrogens with one attached hydrogen (secondary N) is 2. The standard InChI is InChI=1S/C16H24N2O5S2/c1-4-11(2)17-15-9-24(20,21)10-16(15)25(22,23)14-7-5-13(6-8-14)18-12(3)19/h5-8,11,15-17H,4,9-10H2,1-3H3,(H,18,19)/t11-,15-,16-/m0/s1. The van der Waals surface area contributed by atoms with E-state index in [1.165, 1.54) is 31.2 Å². The van der Waals surface area contributed by atoms with Crippen molar-refractivity contribution in [2.75, 3.05) is 16.8 Å². The normalized spacial score (nSPS) is 24.0. The van der Waals surface area contributed by atoms with E-state index in [4.69, 9.17) is 0 Å². The summed E-state index contributed by atoms with van der Waals surface area (Å²) in [5, 5.41) is 4.68. The molecule has 0 aromatic heterocycles. The average Bonchev–Trinajstić information content (AvgIpc) is 2.82. The van der Waals surface area contributed by atoms with Crippen LogP contribution in [0.4, 0.5) is 5.69 Å². The molecule has 9 heteroatoms. The lowest BCUT2D eigenvalue weighted by Crippen LogP contribution is -2.46. The first-order valence-corrected chi connectivity index (χ1v) is 11.5. The molecule has 0 aliphatic carbocycles. The molecule has 0 spiro atoms. The van der Waals surface area contributed by atoms with Gasteiger partial charge in [-0.3, -0.25) is 4.79 Å². The quantitative estimate of drug-likeness (QED) is 0.752. The first-order valence-electron chi connectivity index (χ1n) is 8.13. The Hall–Kier alpha value is -1.45. The fourth-order valence-corrected chi connectivity index (χ4v) is 7.54. The van der Waals surface area contributed by atoms with Crippen molar-refractivity contribution in [3.05, 3.63) is 24.3 Å². The van der Waals surface area contributed by atoms with E-state index in [2.05, 4.69) is 10.6 Å². The highest BCUT2D eigenvalue weighted by atomic mass is 32.2. The molecule has 0 saturated carbocycles. The maximum Gasteiger partial charge on any atom is 0.221 e. The summed E-state index contributed by atoms with van der Waals surface area (Å²) in [5.74, 6) is -0.808. The summed E-state index contributed by atoms with van der Waals surface area (Å²) in [5.41, 5.74) is 0.486. The van der Waals surface area contributed by atoms with Crippen LogP contribution < -0.4 is 10.6 Å². The van der Waals surface area contributed by atoms with E-state index in [0.717, 1.165) is 6.42 Å². The van der Waals surface area contributed by atoms with Gasteiger partial charge in [0.15, 0.2) is 19.7 Å². The highest BCUT2D eigenvalue weighted by Crippen LogP contribution is 2.27. The summed E-state index contributed by atoms with van der Waals surface area (Å²) in [7, 11) is -7.22. The van der Waals surface area contributed by atoms with Gasteiger partial charge in [0.1, 0.15) is 0 Å². The van der Waals surface area contributed by atoms with Crippen LogP contribution in [0.25, 0.3) is 0 Å². The van der Waals surface area contributed by atoms with Gasteiger partial charge >= 0.3 is 0 Å². The summed E-state index contributed by atoms with van der Waals surface area (Å²) in [6.07, 6.45) is 0.773. The zero-order valence-corrected chi connectivity index (χ0v) is 16.2. The summed E-state index contributed by atoms with van der Waals surface area (Å²) in [4.78, 5) is 11.1. The van der Waals surface area contributed by atoms with E-state index in [-0.39, 0.29) is 28.4 Å². The Morgan fingerprint density at radius 3 is 2.36 bits per heavy atom. The largest absolute Gasteiger partial charge is 0.326 e. The van der Waals surface area contributed by atoms with Gasteiger partial charge in [-0.15, -0.1) is 0 Å². The molecule has 0 radical (unpaired) electrons. The van der Waals surface area contributed by atoms with Crippen molar-refractivity contribution in [3.63, 3.8) is 0 Å². The van der Waals surface area contributed by atoms with Crippen LogP contribution in [-0.2, 0) is 24.5 Å². The van der Waals surface area contributed by atoms with Gasteiger partial charge in [0, 0.05) is 24.7 Å². The Morgan fingerprint density at radius 1 is 1.24 bits per heavy atom. The lowest BCUT2D eigenvalue weighted by Gasteiger charge is -2.23. The van der Waals surface area contributed by atoms with Crippen LogP contribution >= 0.6 is 0 Å². The third kappa shape index (κ3) is 4.80. The van der Waals surface area contributed by atoms with E-state index in [1.54, 1.807) is 0 Å². The zero-order chi connectivity index (χ0) is 18.8. The predicted octanol–water partition coefficient (Wildman–Crippen LogP) is 0.972. The number of benzene rings is 1. The van der Waals surface area contributed by atoms with Gasteiger partial charge in [-0.2, -0.15) is 0 Å². The van der Waals surface area contributed by atoms with Crippen LogP contribution in [0, 0.1) is 0 Å². The average molecular weight is 389 g/mol. The number of carbonyl (C=O) groups excluding carboxylic acids is 1. The van der Waals surface area contributed by atoms with Crippen LogP contribution in [0.1, 0.15) is 27.2 Å². The SMILES string of the molecule is CC[C@H](C)N[C@H]1CS(=O)(=O)C[C@@H]1S(=O)(=O)c1ccc(NC(C)=O)cc1. The minimum Gasteiger partial charge on any atom is -0.326 e. The number of anilines is 1. The second-order valence-corrected chi connectivity index (χ2v) is 10.8. The number of sulfone groups is 2. The maximum absolute atomic E-state index is 12.9. The topological polar surface area (TPSA) is 109 Å². The molecule has 2 N–H and O–H groups in total. The Kier molecular flexibility index (Phi) is 5.90. The molecule has 0 unspecified atom stereocenters. The molecule has 2 rings (SSSR count). The van der Waals surface area contributed by atoms with Crippen molar-refractivity contribution >= 4 is 31.3 Å². The first-order chi connectivity index (χ1) is 11.5. The highest BCUT2D eigenvalue weighted by Gasteiger charge is 2.45. The minimum atomic E-state index is -3.81. The van der Waals surface area contributed by atoms with Gasteiger partial charge in [0.05, 0.1) is 21.7 Å². The monoisotopic (exact) mass is 388 g/mol. The molecule has 1 aromatic rings. The molecule has 1 heterocycles. The van der Waals surface area contributed by atoms with Crippen LogP contribution in [0.2, 0.25) is 0 Å². The molecular formula is C16H24N2O5S2. The lowest BCUT2D eigenvalue weighted by atomic mass is 10.2. The third-order valence-corrected chi connectivity index (χ3v) is 8.48. The van der Waals surface area contributed by atoms with Crippen molar-refractivity contribution in [3.8, 4) is 0 Å². The first kappa shape index (κ1) is 19.9. The Balaban J connectivity index is 2.31. The Labute approximate surface area is 149 Å². The van der Waals surface area contributed by atoms with Gasteiger partial charge < -0.3 is 10.6 Å². The minimum absolute atomic E-state index is 0.0261. The highest BCUT2D eigenvalue weighted by molar-refractivity contribution is 7.96. The number of amides is 1. The molecule has 1 aliphatic heterocycles. The predicted molar refractivity (Wildman–Crippen MR) is 97.1 cm³/mol. The number of hydrogen-bond acceptors (Lipinski definition) is 6. The second-order valence-electron chi connectivity index (χ2n) is 6.45. The van der Waals surface area contributed by atoms with E-state index in [9.17, 15) is 21.6 Å². The summed E-state index contributed by atoms with van der Waals surface area (Å²) < 4.78 is 49.9. The molecule has 1 aromatic carbocycles. The molecule has 140 valence electrons. The van der Waals surface area contributed by atoms with Crippen LogP contribution in [0.5, 0.6) is 0 Å². The van der Waals surface area contributed by atoms with Crippen LogP contribution in [0.3, 0.4) is 0 Å². The van der Waals surface area contributed by atoms with E-state index >= 15 is 0 Å². The smallest absolute Gasteiger partial charge is 0.221 e. The Bertz CT molecular complexity index is 832. The van der Waals surface area contributed by atoms with E-state index in [0.29, 0.717) is 5.69 Å². The Morgan fingerprint density at radius 2 is 1.84 bits per heavy atom. The van der Waals surface area contributed by atoms with Crippen molar-refractivity contribution in [1.82, 2.24) is 5.32 Å². The van der Waals surface area contributed by atoms with Gasteiger partial charge in [0.2, 0.25) is 5.91 Å². The fraction of sp³-hybridized carbons (Fsp3) is 0.562. The van der Waals surface area contributed by atoms with E-state index < -0.39 is 31.0 Å². The molecule has 1 aliphatic rings. The molecular weight excluding hydrogens is 364 g/mol. The number of rotatable bonds is 6. The molecule has 7 nitrogen and oxygen atoms in total. The maximum atomic E-state index is 12.9. The van der Waals surface area contributed by atoms with Crippen molar-refractivity contribution in [2.24, 2.45) is 0 Å². The van der Waals surface area contributed by atoms with Gasteiger partial charge in [-0.05, 0) is 37.6 Å². The zero-order valence-electron chi connectivity index (χ0n) is 14.5. The van der Waals surface area contributed by atoms with Gasteiger partial charge in [0.25, 0.3) is 0 Å². The summed E-state index contributed by atoms with van der Waals surface area (Å²) in [6.45, 7) is 5.21. The molecule has 1 saturated heterocycles. The van der Waals surface area contributed by atoms with Crippen molar-refractivity contribution < 1.29 is 21.6 Å². The van der Waals surface area contributed by atoms with Crippen LogP contribution in [0.15, 0.2) is 29.2 Å². The summed E-state index contributed by atoms with van der Waals surface area (Å²) in [6, 6.07) is 5.18. The molecule has 25 heavy (non-hydrogen) atoms. The fourth-order valence-electron chi connectivity index (χ4n) is 2.87. The number of carbonyl (C=O) groups is 1. The summed E-state index contributed by atoms with van der Waals surface area (Å²) >= 11 is 0. The van der Waals surface area contributed by atoms with Gasteiger partial charge in [-0.1, -0.05) is 6.92 Å². The van der Waals surface area contributed by atoms with Crippen molar-refractivity contribution in [1.29, 1.82) is 0 Å². The van der Waals surface area contributed by atoms with Gasteiger partial charge in [-0.25, -0.2) is 16.8 Å². The van der Waals surface area contributed by atoms with E-state index in [1.807, 2.05) is 13.8 Å². The second kappa shape index (κ2) is 7.43. The third-order valence-electron chi connectivity index (χ3n) is 4.31. The molecule has 0 bridgehead atoms. The molecule has 1 amide bonds.